The maximum atomic E-state index is 12.3. The Bertz CT molecular complexity index is 648. The average molecular weight is 428 g/mol. The molecule has 6 nitrogen and oxygen atoms in total. The molecule has 0 aliphatic carbocycles. The Labute approximate surface area is 176 Å². The summed E-state index contributed by atoms with van der Waals surface area (Å²) in [5.74, 6) is 0.527. The molecule has 0 aromatic heterocycles. The summed E-state index contributed by atoms with van der Waals surface area (Å²) >= 11 is 3.39. The molecule has 0 spiro atoms. The molecule has 2 amide bonds. The van der Waals surface area contributed by atoms with E-state index in [-0.39, 0.29) is 5.41 Å². The van der Waals surface area contributed by atoms with Gasteiger partial charge in [0, 0.05) is 22.3 Å². The number of thioether (sulfide) groups is 2. The highest BCUT2D eigenvalue weighted by Gasteiger charge is 2.23. The quantitative estimate of drug-likeness (QED) is 0.357. The van der Waals surface area contributed by atoms with E-state index in [4.69, 9.17) is 5.73 Å². The number of aliphatic hydroxyl groups is 1. The Hall–Kier alpha value is -1.22. The van der Waals surface area contributed by atoms with Gasteiger partial charge in [-0.1, -0.05) is 40.7 Å². The lowest BCUT2D eigenvalue weighted by Gasteiger charge is -2.19. The van der Waals surface area contributed by atoms with Gasteiger partial charge in [-0.3, -0.25) is 20.4 Å². The molecule has 1 aromatic carbocycles. The van der Waals surface area contributed by atoms with E-state index in [1.807, 2.05) is 6.07 Å². The minimum Gasteiger partial charge on any atom is -0.382 e. The highest BCUT2D eigenvalue weighted by molar-refractivity contribution is 7.99. The molecular formula is C20H33N3O3S2. The van der Waals surface area contributed by atoms with Crippen molar-refractivity contribution in [3.63, 3.8) is 0 Å². The Morgan fingerprint density at radius 2 is 1.89 bits per heavy atom. The number of amides is 2. The molecule has 0 fully saturated rings. The molecule has 28 heavy (non-hydrogen) atoms. The van der Waals surface area contributed by atoms with Crippen molar-refractivity contribution in [3.8, 4) is 0 Å². The van der Waals surface area contributed by atoms with Gasteiger partial charge in [0.2, 0.25) is 0 Å². The van der Waals surface area contributed by atoms with Gasteiger partial charge in [0.1, 0.15) is 6.10 Å². The fourth-order valence-corrected chi connectivity index (χ4v) is 3.95. The Morgan fingerprint density at radius 1 is 1.21 bits per heavy atom. The normalized spacial score (nSPS) is 13.9. The molecule has 0 saturated carbocycles. The predicted molar refractivity (Wildman–Crippen MR) is 118 cm³/mol. The van der Waals surface area contributed by atoms with Crippen LogP contribution in [0.3, 0.4) is 0 Å². The number of nitrogens with one attached hydrogen (secondary N) is 2. The molecule has 0 saturated heterocycles. The standard InChI is InChI=1S/C20H33N3O3S2/c1-13(2)27-10-9-16(21)17(24)19(26)23-22-18(25)14-7-6-8-15(11-14)28-12-20(3,4)5/h6-8,11,13,16-17,24H,9-10,12,21H2,1-5H3,(H,22,25)(H,23,26)/t16-,17?/m1/s1. The van der Waals surface area contributed by atoms with Crippen LogP contribution in [0.25, 0.3) is 0 Å². The van der Waals surface area contributed by atoms with Gasteiger partial charge < -0.3 is 10.8 Å². The molecule has 8 heteroatoms. The first kappa shape index (κ1) is 24.8. The molecule has 1 aromatic rings. The lowest BCUT2D eigenvalue weighted by molar-refractivity contribution is -0.131. The van der Waals surface area contributed by atoms with Crippen molar-refractivity contribution in [1.29, 1.82) is 0 Å². The minimum atomic E-state index is -1.37. The van der Waals surface area contributed by atoms with E-state index in [1.54, 1.807) is 41.7 Å². The first-order valence-electron chi connectivity index (χ1n) is 9.38. The Kier molecular flexibility index (Phi) is 10.4. The summed E-state index contributed by atoms with van der Waals surface area (Å²) in [4.78, 5) is 25.3. The van der Waals surface area contributed by atoms with Gasteiger partial charge in [0.25, 0.3) is 11.8 Å². The number of hydrogen-bond donors (Lipinski definition) is 4. The molecule has 0 radical (unpaired) electrons. The lowest BCUT2D eigenvalue weighted by Crippen LogP contribution is -2.52. The third kappa shape index (κ3) is 9.82. The topological polar surface area (TPSA) is 104 Å². The number of hydrogen-bond acceptors (Lipinski definition) is 6. The monoisotopic (exact) mass is 427 g/mol. The van der Waals surface area contributed by atoms with Crippen molar-refractivity contribution in [3.05, 3.63) is 29.8 Å². The first-order chi connectivity index (χ1) is 13.0. The fourth-order valence-electron chi connectivity index (χ4n) is 2.08. The largest absolute Gasteiger partial charge is 0.382 e. The molecule has 158 valence electrons. The van der Waals surface area contributed by atoms with E-state index in [2.05, 4.69) is 45.5 Å². The maximum Gasteiger partial charge on any atom is 0.269 e. The smallest absolute Gasteiger partial charge is 0.269 e. The van der Waals surface area contributed by atoms with E-state index >= 15 is 0 Å². The zero-order chi connectivity index (χ0) is 21.3. The van der Waals surface area contributed by atoms with Crippen LogP contribution < -0.4 is 16.6 Å². The van der Waals surface area contributed by atoms with Gasteiger partial charge in [-0.2, -0.15) is 11.8 Å². The van der Waals surface area contributed by atoms with E-state index in [0.717, 1.165) is 16.4 Å². The van der Waals surface area contributed by atoms with Gasteiger partial charge in [0.15, 0.2) is 0 Å². The van der Waals surface area contributed by atoms with Crippen LogP contribution in [0.15, 0.2) is 29.2 Å². The van der Waals surface area contributed by atoms with Crippen LogP contribution in [0, 0.1) is 5.41 Å². The van der Waals surface area contributed by atoms with Gasteiger partial charge in [-0.05, 0) is 41.0 Å². The van der Waals surface area contributed by atoms with Gasteiger partial charge in [0.05, 0.1) is 0 Å². The van der Waals surface area contributed by atoms with Crippen molar-refractivity contribution in [2.24, 2.45) is 11.1 Å². The van der Waals surface area contributed by atoms with E-state index in [0.29, 0.717) is 17.2 Å². The summed E-state index contributed by atoms with van der Waals surface area (Å²) in [5.41, 5.74) is 11.1. The third-order valence-electron chi connectivity index (χ3n) is 3.64. The number of hydrazine groups is 1. The highest BCUT2D eigenvalue weighted by atomic mass is 32.2. The van der Waals surface area contributed by atoms with Crippen LogP contribution >= 0.6 is 23.5 Å². The van der Waals surface area contributed by atoms with Gasteiger partial charge >= 0.3 is 0 Å². The molecule has 1 unspecified atom stereocenters. The summed E-state index contributed by atoms with van der Waals surface area (Å²) in [6.07, 6.45) is -0.861. The van der Waals surface area contributed by atoms with Crippen molar-refractivity contribution < 1.29 is 14.7 Å². The molecule has 0 aliphatic rings. The maximum absolute atomic E-state index is 12.3. The second kappa shape index (κ2) is 11.7. The predicted octanol–water partition coefficient (Wildman–Crippen LogP) is 2.81. The third-order valence-corrected chi connectivity index (χ3v) is 6.38. The van der Waals surface area contributed by atoms with E-state index in [9.17, 15) is 14.7 Å². The number of rotatable bonds is 9. The average Bonchev–Trinajstić information content (AvgIpc) is 2.62. The molecule has 1 rings (SSSR count). The molecule has 0 bridgehead atoms. The van der Waals surface area contributed by atoms with E-state index in [1.165, 1.54) is 0 Å². The van der Waals surface area contributed by atoms with Crippen LogP contribution in [-0.4, -0.2) is 45.8 Å². The van der Waals surface area contributed by atoms with Crippen molar-refractivity contribution in [2.75, 3.05) is 11.5 Å². The highest BCUT2D eigenvalue weighted by Crippen LogP contribution is 2.27. The molecule has 0 heterocycles. The lowest BCUT2D eigenvalue weighted by atomic mass is 10.0. The summed E-state index contributed by atoms with van der Waals surface area (Å²) in [6.45, 7) is 10.6. The minimum absolute atomic E-state index is 0.180. The zero-order valence-corrected chi connectivity index (χ0v) is 19.0. The number of carbonyl (C=O) groups excluding carboxylic acids is 2. The van der Waals surface area contributed by atoms with Crippen LogP contribution in [0.4, 0.5) is 0 Å². The number of carbonyl (C=O) groups is 2. The van der Waals surface area contributed by atoms with Crippen LogP contribution in [-0.2, 0) is 4.79 Å². The fraction of sp³-hybridized carbons (Fsp3) is 0.600. The SMILES string of the molecule is CC(C)SCC[C@@H](N)C(O)C(=O)NNC(=O)c1cccc(SCC(C)(C)C)c1. The number of benzene rings is 1. The van der Waals surface area contributed by atoms with Crippen LogP contribution in [0.5, 0.6) is 0 Å². The zero-order valence-electron chi connectivity index (χ0n) is 17.3. The second-order valence-corrected chi connectivity index (χ2v) is 10.9. The van der Waals surface area contributed by atoms with Crippen molar-refractivity contribution in [1.82, 2.24) is 10.9 Å². The Morgan fingerprint density at radius 3 is 2.50 bits per heavy atom. The second-order valence-electron chi connectivity index (χ2n) is 8.14. The molecule has 2 atom stereocenters. The summed E-state index contributed by atoms with van der Waals surface area (Å²) in [6, 6.07) is 6.53. The van der Waals surface area contributed by atoms with Crippen LogP contribution in [0.2, 0.25) is 0 Å². The van der Waals surface area contributed by atoms with Crippen molar-refractivity contribution in [2.45, 2.75) is 63.3 Å². The molecule has 0 aliphatic heterocycles. The number of aliphatic hydroxyl groups excluding tert-OH is 1. The number of nitrogens with two attached hydrogens (primary N) is 1. The first-order valence-corrected chi connectivity index (χ1v) is 11.4. The van der Waals surface area contributed by atoms with Gasteiger partial charge in [-0.25, -0.2) is 0 Å². The molecular weight excluding hydrogens is 394 g/mol. The van der Waals surface area contributed by atoms with Gasteiger partial charge in [-0.15, -0.1) is 11.8 Å². The molecule has 5 N–H and O–H groups in total. The van der Waals surface area contributed by atoms with Crippen LogP contribution in [0.1, 0.15) is 51.4 Å². The summed E-state index contributed by atoms with van der Waals surface area (Å²) in [7, 11) is 0. The summed E-state index contributed by atoms with van der Waals surface area (Å²) < 4.78 is 0. The Balaban J connectivity index is 2.51. The van der Waals surface area contributed by atoms with E-state index < -0.39 is 24.0 Å². The summed E-state index contributed by atoms with van der Waals surface area (Å²) in [5, 5.41) is 10.5. The van der Waals surface area contributed by atoms with Crippen molar-refractivity contribution >= 4 is 35.3 Å².